The van der Waals surface area contributed by atoms with Crippen molar-refractivity contribution in [3.05, 3.63) is 53.5 Å². The van der Waals surface area contributed by atoms with Crippen molar-refractivity contribution in [2.24, 2.45) is 0 Å². The number of carbonyl (C=O) groups excluding carboxylic acids is 2. The third-order valence-electron chi connectivity index (χ3n) is 4.70. The van der Waals surface area contributed by atoms with E-state index in [4.69, 9.17) is 4.74 Å². The number of hydrogen-bond acceptors (Lipinski definition) is 7. The molecule has 0 bridgehead atoms. The van der Waals surface area contributed by atoms with E-state index < -0.39 is 32.8 Å². The fourth-order valence-electron chi connectivity index (χ4n) is 3.27. The number of aryl methyl sites for hydroxylation is 1. The maximum Gasteiger partial charge on any atom is 0.269 e. The van der Waals surface area contributed by atoms with Crippen molar-refractivity contribution in [1.82, 2.24) is 15.3 Å². The van der Waals surface area contributed by atoms with E-state index in [1.165, 1.54) is 18.3 Å². The largest absolute Gasteiger partial charge is 0.385 e. The number of aromatic nitrogens is 2. The second-order valence-electron chi connectivity index (χ2n) is 6.97. The lowest BCUT2D eigenvalue weighted by atomic mass is 10.2. The van der Waals surface area contributed by atoms with Gasteiger partial charge in [0.15, 0.2) is 15.2 Å². The first-order valence-corrected chi connectivity index (χ1v) is 11.3. The number of carbonyl (C=O) groups is 2. The molecule has 10 heteroatoms. The molecule has 160 valence electrons. The maximum atomic E-state index is 12.8. The maximum absolute atomic E-state index is 12.8. The average Bonchev–Trinajstić information content (AvgIpc) is 2.96. The number of rotatable bonds is 8. The highest BCUT2D eigenvalue weighted by Gasteiger charge is 2.47. The van der Waals surface area contributed by atoms with Gasteiger partial charge in [0, 0.05) is 26.5 Å². The van der Waals surface area contributed by atoms with E-state index >= 15 is 0 Å². The molecule has 1 fully saturated rings. The molecule has 1 unspecified atom stereocenters. The van der Waals surface area contributed by atoms with Gasteiger partial charge in [-0.15, -0.1) is 0 Å². The smallest absolute Gasteiger partial charge is 0.269 e. The van der Waals surface area contributed by atoms with Gasteiger partial charge in [-0.1, -0.05) is 12.1 Å². The number of nitrogens with zero attached hydrogens (tertiary/aromatic N) is 3. The summed E-state index contributed by atoms with van der Waals surface area (Å²) in [6.07, 6.45) is 3.06. The van der Waals surface area contributed by atoms with E-state index in [1.807, 2.05) is 0 Å². The fraction of sp³-hybridized carbons (Fsp3) is 0.400. The minimum atomic E-state index is -3.84. The quantitative estimate of drug-likeness (QED) is 0.626. The molecular formula is C20H24N4O5S. The summed E-state index contributed by atoms with van der Waals surface area (Å²) in [5.41, 5.74) is 0.863. The zero-order chi connectivity index (χ0) is 21.7. The summed E-state index contributed by atoms with van der Waals surface area (Å²) in [5.74, 6) is -1.35. The van der Waals surface area contributed by atoms with Crippen molar-refractivity contribution in [3.63, 3.8) is 0 Å². The van der Waals surface area contributed by atoms with Crippen LogP contribution in [0, 0.1) is 6.92 Å². The van der Waals surface area contributed by atoms with Crippen molar-refractivity contribution in [2.75, 3.05) is 30.9 Å². The second-order valence-corrected chi connectivity index (χ2v) is 9.03. The summed E-state index contributed by atoms with van der Waals surface area (Å²) in [7, 11) is -2.23. The third-order valence-corrected chi connectivity index (χ3v) is 6.48. The van der Waals surface area contributed by atoms with Crippen molar-refractivity contribution >= 4 is 27.5 Å². The van der Waals surface area contributed by atoms with Crippen LogP contribution in [-0.4, -0.2) is 56.2 Å². The summed E-state index contributed by atoms with van der Waals surface area (Å²) in [6, 6.07) is 8.02. The van der Waals surface area contributed by atoms with Gasteiger partial charge in [0.1, 0.15) is 17.3 Å². The predicted octanol–water partition coefficient (Wildman–Crippen LogP) is 1.40. The van der Waals surface area contributed by atoms with Gasteiger partial charge in [0.25, 0.3) is 5.91 Å². The molecule has 2 aromatic heterocycles. The molecule has 1 N–H and O–H groups in total. The van der Waals surface area contributed by atoms with Gasteiger partial charge in [-0.05, 0) is 43.5 Å². The standard InChI is InChI=1S/C20H24N4O5S/c1-14-7-6-11-21-18(14)24-17(25)13-30(27,28)20(24)16-9-5-8-15(23-16)19(26)22-10-3-4-12-29-2/h5-9,11,20H,3-4,10,12-13H2,1-2H3,(H,22,26). The summed E-state index contributed by atoms with van der Waals surface area (Å²) < 4.78 is 30.5. The lowest BCUT2D eigenvalue weighted by Crippen LogP contribution is -2.32. The summed E-state index contributed by atoms with van der Waals surface area (Å²) >= 11 is 0. The first-order valence-electron chi connectivity index (χ1n) is 9.54. The van der Waals surface area contributed by atoms with Crippen LogP contribution in [0.3, 0.4) is 0 Å². The van der Waals surface area contributed by atoms with E-state index in [9.17, 15) is 18.0 Å². The SMILES string of the molecule is COCCCCNC(=O)c1cccc(C2N(c3ncccc3C)C(=O)CS2(=O)=O)n1. The predicted molar refractivity (Wildman–Crippen MR) is 111 cm³/mol. The number of hydrogen-bond donors (Lipinski definition) is 1. The Kier molecular flexibility index (Phi) is 6.78. The van der Waals surface area contributed by atoms with Crippen LogP contribution in [0.15, 0.2) is 36.5 Å². The number of amides is 2. The number of ether oxygens (including phenoxy) is 1. The van der Waals surface area contributed by atoms with Crippen LogP contribution in [0.5, 0.6) is 0 Å². The molecule has 9 nitrogen and oxygen atoms in total. The van der Waals surface area contributed by atoms with Gasteiger partial charge < -0.3 is 10.1 Å². The summed E-state index contributed by atoms with van der Waals surface area (Å²) in [5, 5.41) is 1.43. The van der Waals surface area contributed by atoms with E-state index in [2.05, 4.69) is 15.3 Å². The first-order chi connectivity index (χ1) is 14.3. The lowest BCUT2D eigenvalue weighted by molar-refractivity contribution is -0.115. The molecule has 2 aromatic rings. The van der Waals surface area contributed by atoms with Gasteiger partial charge in [-0.3, -0.25) is 14.5 Å². The Labute approximate surface area is 175 Å². The van der Waals surface area contributed by atoms with Crippen molar-refractivity contribution in [1.29, 1.82) is 0 Å². The molecule has 0 aliphatic carbocycles. The highest BCUT2D eigenvalue weighted by molar-refractivity contribution is 7.93. The molecule has 0 radical (unpaired) electrons. The van der Waals surface area contributed by atoms with Crippen LogP contribution in [0.2, 0.25) is 0 Å². The van der Waals surface area contributed by atoms with Crippen molar-refractivity contribution in [2.45, 2.75) is 25.1 Å². The Balaban J connectivity index is 1.88. The Bertz CT molecular complexity index is 1040. The topological polar surface area (TPSA) is 119 Å². The van der Waals surface area contributed by atoms with Crippen LogP contribution in [-0.2, 0) is 19.4 Å². The molecule has 1 saturated heterocycles. The monoisotopic (exact) mass is 432 g/mol. The number of nitrogens with one attached hydrogen (secondary N) is 1. The Morgan fingerprint density at radius 3 is 2.80 bits per heavy atom. The van der Waals surface area contributed by atoms with Gasteiger partial charge in [0.05, 0.1) is 5.69 Å². The molecule has 0 saturated carbocycles. The van der Waals surface area contributed by atoms with Crippen LogP contribution in [0.4, 0.5) is 5.82 Å². The average molecular weight is 433 g/mol. The highest BCUT2D eigenvalue weighted by atomic mass is 32.2. The molecular weight excluding hydrogens is 408 g/mol. The number of pyridine rings is 2. The minimum absolute atomic E-state index is 0.0893. The van der Waals surface area contributed by atoms with Crippen LogP contribution in [0.25, 0.3) is 0 Å². The molecule has 2 amide bonds. The van der Waals surface area contributed by atoms with Gasteiger partial charge >= 0.3 is 0 Å². The molecule has 3 rings (SSSR count). The van der Waals surface area contributed by atoms with Gasteiger partial charge in [-0.2, -0.15) is 0 Å². The van der Waals surface area contributed by atoms with E-state index in [0.29, 0.717) is 18.7 Å². The normalized spacial score (nSPS) is 17.9. The van der Waals surface area contributed by atoms with Gasteiger partial charge in [0.2, 0.25) is 5.91 Å². The molecule has 1 atom stereocenters. The first kappa shape index (κ1) is 21.8. The molecule has 3 heterocycles. The van der Waals surface area contributed by atoms with Crippen LogP contribution >= 0.6 is 0 Å². The van der Waals surface area contributed by atoms with E-state index in [0.717, 1.165) is 17.7 Å². The minimum Gasteiger partial charge on any atom is -0.385 e. The van der Waals surface area contributed by atoms with Gasteiger partial charge in [-0.25, -0.2) is 18.4 Å². The molecule has 1 aliphatic heterocycles. The number of sulfone groups is 1. The fourth-order valence-corrected chi connectivity index (χ4v) is 4.95. The molecule has 0 aromatic carbocycles. The highest BCUT2D eigenvalue weighted by Crippen LogP contribution is 2.37. The number of anilines is 1. The Morgan fingerprint density at radius 1 is 1.27 bits per heavy atom. The summed E-state index contributed by atoms with van der Waals surface area (Å²) in [4.78, 5) is 34.6. The van der Waals surface area contributed by atoms with Crippen LogP contribution in [0.1, 0.15) is 40.0 Å². The zero-order valence-corrected chi connectivity index (χ0v) is 17.7. The lowest BCUT2D eigenvalue weighted by Gasteiger charge is -2.23. The summed E-state index contributed by atoms with van der Waals surface area (Å²) in [6.45, 7) is 2.81. The Morgan fingerprint density at radius 2 is 2.07 bits per heavy atom. The van der Waals surface area contributed by atoms with Crippen LogP contribution < -0.4 is 10.2 Å². The zero-order valence-electron chi connectivity index (χ0n) is 16.9. The van der Waals surface area contributed by atoms with E-state index in [-0.39, 0.29) is 17.2 Å². The third kappa shape index (κ3) is 4.65. The number of methoxy groups -OCH3 is 1. The number of unbranched alkanes of at least 4 members (excludes halogenated alkanes) is 1. The second kappa shape index (κ2) is 9.31. The van der Waals surface area contributed by atoms with Crippen molar-refractivity contribution < 1.29 is 22.7 Å². The molecule has 1 aliphatic rings. The van der Waals surface area contributed by atoms with E-state index in [1.54, 1.807) is 32.2 Å². The van der Waals surface area contributed by atoms with Crippen molar-refractivity contribution in [3.8, 4) is 0 Å². The Hall–Kier alpha value is -2.85. The molecule has 30 heavy (non-hydrogen) atoms. The molecule has 0 spiro atoms.